The van der Waals surface area contributed by atoms with Crippen molar-refractivity contribution in [2.24, 2.45) is 0 Å². The molecule has 0 atom stereocenters. The zero-order valence-corrected chi connectivity index (χ0v) is 9.12. The van der Waals surface area contributed by atoms with Crippen LogP contribution in [0.2, 0.25) is 19.6 Å². The Hall–Kier alpha value is -1.17. The third-order valence-electron chi connectivity index (χ3n) is 1.84. The molecule has 0 saturated carbocycles. The summed E-state index contributed by atoms with van der Waals surface area (Å²) in [5.74, 6) is -1.42. The van der Waals surface area contributed by atoms with Gasteiger partial charge in [-0.1, -0.05) is 19.6 Å². The van der Waals surface area contributed by atoms with Gasteiger partial charge in [0.15, 0.2) is 8.24 Å². The molecule has 1 fully saturated rings. The minimum Gasteiger partial charge on any atom is -0.286 e. The molecule has 72 valence electrons. The summed E-state index contributed by atoms with van der Waals surface area (Å²) < 4.78 is 1.11. The van der Waals surface area contributed by atoms with Gasteiger partial charge >= 0.3 is 17.8 Å². The van der Waals surface area contributed by atoms with Crippen LogP contribution in [-0.2, 0) is 9.59 Å². The first kappa shape index (κ1) is 9.91. The summed E-state index contributed by atoms with van der Waals surface area (Å²) in [6.45, 7) is 5.53. The lowest BCUT2D eigenvalue weighted by atomic mass is 10.6. The first-order valence-electron chi connectivity index (χ1n) is 3.93. The van der Waals surface area contributed by atoms with Gasteiger partial charge in [0.25, 0.3) is 0 Å². The van der Waals surface area contributed by atoms with Crippen molar-refractivity contribution in [2.45, 2.75) is 19.6 Å². The van der Waals surface area contributed by atoms with Crippen LogP contribution in [0.4, 0.5) is 4.79 Å². The molecule has 13 heavy (non-hydrogen) atoms. The maximum absolute atomic E-state index is 11.4. The van der Waals surface area contributed by atoms with Crippen LogP contribution >= 0.6 is 0 Å². The molecule has 0 aromatic heterocycles. The monoisotopic (exact) mass is 200 g/mol. The summed E-state index contributed by atoms with van der Waals surface area (Å²) in [6.07, 6.45) is 0. The number of likely N-dealkylation sites (N-methyl/N-ethyl adjacent to an activating group) is 1. The molecule has 6 heteroatoms. The van der Waals surface area contributed by atoms with Gasteiger partial charge < -0.3 is 0 Å². The summed E-state index contributed by atoms with van der Waals surface area (Å²) in [7, 11) is -0.740. The maximum atomic E-state index is 11.4. The second kappa shape index (κ2) is 2.66. The highest BCUT2D eigenvalue weighted by Gasteiger charge is 2.47. The number of imide groups is 2. The van der Waals surface area contributed by atoms with Gasteiger partial charge in [0, 0.05) is 7.05 Å². The van der Waals surface area contributed by atoms with Crippen LogP contribution in [0.15, 0.2) is 0 Å². The smallest absolute Gasteiger partial charge is 0.286 e. The van der Waals surface area contributed by atoms with Crippen LogP contribution in [0.3, 0.4) is 0 Å². The Morgan fingerprint density at radius 2 is 1.46 bits per heavy atom. The lowest BCUT2D eigenvalue weighted by Crippen LogP contribution is -2.50. The Bertz CT molecular complexity index is 295. The number of amides is 4. The topological polar surface area (TPSA) is 57.7 Å². The Morgan fingerprint density at radius 1 is 1.00 bits per heavy atom. The second-order valence-electron chi connectivity index (χ2n) is 3.96. The summed E-state index contributed by atoms with van der Waals surface area (Å²) in [5, 5.41) is 0. The molecule has 4 amide bonds. The van der Waals surface area contributed by atoms with Gasteiger partial charge in [-0.25, -0.2) is 4.79 Å². The molecule has 0 radical (unpaired) electrons. The van der Waals surface area contributed by atoms with Gasteiger partial charge in [0.05, 0.1) is 0 Å². The van der Waals surface area contributed by atoms with Crippen molar-refractivity contribution in [3.05, 3.63) is 0 Å². The van der Waals surface area contributed by atoms with Crippen molar-refractivity contribution >= 4 is 26.1 Å². The van der Waals surface area contributed by atoms with Crippen molar-refractivity contribution in [1.82, 2.24) is 9.47 Å². The maximum Gasteiger partial charge on any atom is 0.325 e. The van der Waals surface area contributed by atoms with E-state index < -0.39 is 26.1 Å². The highest BCUT2D eigenvalue weighted by molar-refractivity contribution is 6.81. The first-order valence-corrected chi connectivity index (χ1v) is 7.37. The second-order valence-corrected chi connectivity index (χ2v) is 8.75. The largest absolute Gasteiger partial charge is 0.325 e. The minimum atomic E-state index is -2.06. The van der Waals surface area contributed by atoms with Crippen molar-refractivity contribution in [3.63, 3.8) is 0 Å². The molecular weight excluding hydrogens is 188 g/mol. The van der Waals surface area contributed by atoms with Crippen LogP contribution in [0, 0.1) is 0 Å². The van der Waals surface area contributed by atoms with E-state index in [-0.39, 0.29) is 0 Å². The average Bonchev–Trinajstić information content (AvgIpc) is 2.14. The summed E-state index contributed by atoms with van der Waals surface area (Å²) in [4.78, 5) is 34.7. The fourth-order valence-electron chi connectivity index (χ4n) is 1.15. The van der Waals surface area contributed by atoms with E-state index in [4.69, 9.17) is 0 Å². The van der Waals surface area contributed by atoms with Crippen molar-refractivity contribution in [1.29, 1.82) is 0 Å². The molecule has 1 rings (SSSR count). The third-order valence-corrected chi connectivity index (χ3v) is 3.58. The fourth-order valence-corrected chi connectivity index (χ4v) is 2.58. The number of rotatable bonds is 1. The van der Waals surface area contributed by atoms with Crippen LogP contribution in [-0.4, -0.2) is 42.6 Å². The standard InChI is InChI=1S/C7H12N2O3Si/c1-8-5(10)6(11)9(7(8)12)13(2,3)4/h1-4H3. The molecule has 1 aliphatic heterocycles. The van der Waals surface area contributed by atoms with Gasteiger partial charge in [-0.05, 0) is 0 Å². The molecule has 0 aliphatic carbocycles. The van der Waals surface area contributed by atoms with E-state index in [2.05, 4.69) is 0 Å². The predicted octanol–water partition coefficient (Wildman–Crippen LogP) is 0.242. The number of carbonyl (C=O) groups excluding carboxylic acids is 3. The van der Waals surface area contributed by atoms with Crippen molar-refractivity contribution in [3.8, 4) is 0 Å². The van der Waals surface area contributed by atoms with Crippen LogP contribution in [0.25, 0.3) is 0 Å². The van der Waals surface area contributed by atoms with Gasteiger partial charge in [-0.15, -0.1) is 0 Å². The average molecular weight is 200 g/mol. The Morgan fingerprint density at radius 3 is 1.62 bits per heavy atom. The zero-order valence-electron chi connectivity index (χ0n) is 8.12. The first-order chi connectivity index (χ1) is 5.76. The lowest BCUT2D eigenvalue weighted by Gasteiger charge is -2.25. The summed E-state index contributed by atoms with van der Waals surface area (Å²) in [6, 6.07) is -0.492. The normalized spacial score (nSPS) is 18.9. The Balaban J connectivity index is 3.09. The summed E-state index contributed by atoms with van der Waals surface area (Å²) in [5.41, 5.74) is 0. The third kappa shape index (κ3) is 1.37. The van der Waals surface area contributed by atoms with E-state index in [1.165, 1.54) is 7.05 Å². The predicted molar refractivity (Wildman–Crippen MR) is 48.4 cm³/mol. The molecule has 0 aromatic carbocycles. The molecule has 1 aliphatic rings. The Kier molecular flexibility index (Phi) is 2.03. The molecule has 0 aromatic rings. The SMILES string of the molecule is CN1C(=O)C(=O)N([Si](C)(C)C)C1=O. The van der Waals surface area contributed by atoms with E-state index in [0.717, 1.165) is 9.47 Å². The molecule has 0 unspecified atom stereocenters. The van der Waals surface area contributed by atoms with Crippen LogP contribution in [0.1, 0.15) is 0 Å². The van der Waals surface area contributed by atoms with Gasteiger partial charge in [-0.3, -0.25) is 19.1 Å². The molecule has 0 N–H and O–H groups in total. The Labute approximate surface area is 77.4 Å². The van der Waals surface area contributed by atoms with Gasteiger partial charge in [0.2, 0.25) is 0 Å². The molecular formula is C7H12N2O3Si. The fraction of sp³-hybridized carbons (Fsp3) is 0.571. The number of hydrogen-bond donors (Lipinski definition) is 0. The molecule has 1 saturated heterocycles. The van der Waals surface area contributed by atoms with Gasteiger partial charge in [-0.2, -0.15) is 0 Å². The number of carbonyl (C=O) groups is 3. The quantitative estimate of drug-likeness (QED) is 0.346. The number of hydrogen-bond acceptors (Lipinski definition) is 3. The molecule has 1 heterocycles. The van der Waals surface area contributed by atoms with E-state index in [0.29, 0.717) is 0 Å². The van der Waals surface area contributed by atoms with Crippen molar-refractivity contribution in [2.75, 3.05) is 7.05 Å². The van der Waals surface area contributed by atoms with Crippen molar-refractivity contribution < 1.29 is 14.4 Å². The molecule has 0 spiro atoms. The minimum absolute atomic E-state index is 0.492. The van der Waals surface area contributed by atoms with E-state index >= 15 is 0 Å². The van der Waals surface area contributed by atoms with E-state index in [1.54, 1.807) is 0 Å². The van der Waals surface area contributed by atoms with Crippen LogP contribution < -0.4 is 0 Å². The van der Waals surface area contributed by atoms with Gasteiger partial charge in [0.1, 0.15) is 0 Å². The highest BCUT2D eigenvalue weighted by Crippen LogP contribution is 2.18. The number of urea groups is 1. The molecule has 0 bridgehead atoms. The highest BCUT2D eigenvalue weighted by atomic mass is 28.3. The van der Waals surface area contributed by atoms with E-state index in [9.17, 15) is 14.4 Å². The zero-order chi connectivity index (χ0) is 10.4. The van der Waals surface area contributed by atoms with E-state index in [1.807, 2.05) is 19.6 Å². The lowest BCUT2D eigenvalue weighted by molar-refractivity contribution is -0.141. The molecule has 5 nitrogen and oxygen atoms in total. The number of nitrogens with zero attached hydrogens (tertiary/aromatic N) is 2. The van der Waals surface area contributed by atoms with Crippen LogP contribution in [0.5, 0.6) is 0 Å². The summed E-state index contributed by atoms with van der Waals surface area (Å²) >= 11 is 0.